The number of rotatable bonds is 7. The van der Waals surface area contributed by atoms with Gasteiger partial charge in [0.25, 0.3) is 0 Å². The molecule has 1 aromatic rings. The average molecular weight is 289 g/mol. The van der Waals surface area contributed by atoms with Gasteiger partial charge >= 0.3 is 0 Å². The molecule has 1 aromatic carbocycles. The first kappa shape index (κ1) is 16.8. The second-order valence-electron chi connectivity index (χ2n) is 5.12. The van der Waals surface area contributed by atoms with Crippen LogP contribution in [0.1, 0.15) is 20.8 Å². The lowest BCUT2D eigenvalue weighted by molar-refractivity contribution is -0.121. The minimum Gasteiger partial charge on any atom is -0.374 e. The fraction of sp³-hybridized carbons (Fsp3) is 0.375. The molecule has 1 rings (SSSR count). The molecule has 114 valence electrons. The van der Waals surface area contributed by atoms with Crippen molar-refractivity contribution in [3.63, 3.8) is 0 Å². The van der Waals surface area contributed by atoms with Crippen LogP contribution in [0.15, 0.2) is 36.9 Å². The summed E-state index contributed by atoms with van der Waals surface area (Å²) >= 11 is 0. The fourth-order valence-electron chi connectivity index (χ4n) is 1.58. The Bertz CT molecular complexity index is 495. The molecule has 1 atom stereocenters. The van der Waals surface area contributed by atoms with Crippen LogP contribution in [0.3, 0.4) is 0 Å². The molecule has 0 aromatic heterocycles. The van der Waals surface area contributed by atoms with Gasteiger partial charge in [-0.05, 0) is 31.2 Å². The Labute approximate surface area is 125 Å². The van der Waals surface area contributed by atoms with Gasteiger partial charge in [0, 0.05) is 23.8 Å². The molecule has 0 spiro atoms. The predicted molar refractivity (Wildman–Crippen MR) is 86.2 cm³/mol. The fourth-order valence-corrected chi connectivity index (χ4v) is 1.58. The molecule has 3 N–H and O–H groups in total. The smallest absolute Gasteiger partial charge is 0.242 e. The summed E-state index contributed by atoms with van der Waals surface area (Å²) in [5.74, 6) is -0.170. The number of nitrogens with one attached hydrogen (secondary N) is 3. The van der Waals surface area contributed by atoms with Crippen LogP contribution >= 0.6 is 0 Å². The summed E-state index contributed by atoms with van der Waals surface area (Å²) in [6.07, 6.45) is 1.64. The van der Waals surface area contributed by atoms with Crippen LogP contribution in [0, 0.1) is 5.92 Å². The largest absolute Gasteiger partial charge is 0.374 e. The van der Waals surface area contributed by atoms with E-state index in [9.17, 15) is 9.59 Å². The highest BCUT2D eigenvalue weighted by molar-refractivity contribution is 5.92. The van der Waals surface area contributed by atoms with E-state index in [1.54, 1.807) is 25.1 Å². The molecule has 0 bridgehead atoms. The molecular formula is C16H23N3O2. The summed E-state index contributed by atoms with van der Waals surface area (Å²) in [6, 6.07) is 6.91. The molecule has 5 heteroatoms. The number of carbonyl (C=O) groups excluding carboxylic acids is 2. The van der Waals surface area contributed by atoms with Crippen LogP contribution < -0.4 is 16.0 Å². The number of hydrogen-bond acceptors (Lipinski definition) is 3. The van der Waals surface area contributed by atoms with Crippen LogP contribution in [0.2, 0.25) is 0 Å². The van der Waals surface area contributed by atoms with Gasteiger partial charge in [0.2, 0.25) is 11.8 Å². The maximum absolute atomic E-state index is 11.7. The van der Waals surface area contributed by atoms with E-state index in [2.05, 4.69) is 22.5 Å². The third kappa shape index (κ3) is 5.69. The molecule has 5 nitrogen and oxygen atoms in total. The van der Waals surface area contributed by atoms with E-state index in [-0.39, 0.29) is 23.8 Å². The number of carbonyl (C=O) groups is 2. The zero-order valence-corrected chi connectivity index (χ0v) is 12.8. The van der Waals surface area contributed by atoms with Gasteiger partial charge in [0.1, 0.15) is 6.04 Å². The first-order valence-electron chi connectivity index (χ1n) is 7.00. The summed E-state index contributed by atoms with van der Waals surface area (Å²) < 4.78 is 0. The summed E-state index contributed by atoms with van der Waals surface area (Å²) in [7, 11) is 0. The maximum atomic E-state index is 11.7. The lowest BCUT2D eigenvalue weighted by Crippen LogP contribution is -2.37. The Hall–Kier alpha value is -2.30. The molecule has 0 saturated heterocycles. The summed E-state index contributed by atoms with van der Waals surface area (Å²) in [5.41, 5.74) is 1.56. The standard InChI is InChI=1S/C16H23N3O2/c1-5-10-17-16(21)12(4)18-13-6-8-14(9-7-13)19-15(20)11(2)3/h5-9,11-12,18H,1,10H2,2-4H3,(H,17,21)(H,19,20)/t12-/m1/s1. The quantitative estimate of drug-likeness (QED) is 0.675. The second kappa shape index (κ2) is 8.09. The Kier molecular flexibility index (Phi) is 6.46. The Morgan fingerprint density at radius 2 is 1.67 bits per heavy atom. The van der Waals surface area contributed by atoms with Crippen molar-refractivity contribution in [1.29, 1.82) is 0 Å². The first-order valence-corrected chi connectivity index (χ1v) is 7.00. The highest BCUT2D eigenvalue weighted by Gasteiger charge is 2.11. The van der Waals surface area contributed by atoms with Gasteiger partial charge in [-0.1, -0.05) is 19.9 Å². The number of amides is 2. The van der Waals surface area contributed by atoms with Gasteiger partial charge in [-0.15, -0.1) is 6.58 Å². The summed E-state index contributed by atoms with van der Waals surface area (Å²) in [6.45, 7) is 9.47. The number of benzene rings is 1. The van der Waals surface area contributed by atoms with Crippen LogP contribution in [0.4, 0.5) is 11.4 Å². The minimum absolute atomic E-state index is 0.0205. The average Bonchev–Trinajstić information content (AvgIpc) is 2.46. The van der Waals surface area contributed by atoms with Gasteiger partial charge in [-0.25, -0.2) is 0 Å². The highest BCUT2D eigenvalue weighted by atomic mass is 16.2. The molecule has 0 unspecified atom stereocenters. The normalized spacial score (nSPS) is 11.6. The van der Waals surface area contributed by atoms with E-state index in [0.29, 0.717) is 6.54 Å². The molecular weight excluding hydrogens is 266 g/mol. The zero-order valence-electron chi connectivity index (χ0n) is 12.8. The summed E-state index contributed by atoms with van der Waals surface area (Å²) in [5, 5.41) is 8.64. The van der Waals surface area contributed by atoms with E-state index in [1.807, 2.05) is 26.0 Å². The highest BCUT2D eigenvalue weighted by Crippen LogP contribution is 2.15. The van der Waals surface area contributed by atoms with Crippen molar-refractivity contribution in [2.75, 3.05) is 17.2 Å². The van der Waals surface area contributed by atoms with E-state index in [1.165, 1.54) is 0 Å². The van der Waals surface area contributed by atoms with Crippen LogP contribution in [-0.4, -0.2) is 24.4 Å². The number of anilines is 2. The van der Waals surface area contributed by atoms with Crippen LogP contribution in [0.25, 0.3) is 0 Å². The summed E-state index contributed by atoms with van der Waals surface area (Å²) in [4.78, 5) is 23.3. The Morgan fingerprint density at radius 1 is 1.10 bits per heavy atom. The molecule has 0 heterocycles. The molecule has 21 heavy (non-hydrogen) atoms. The second-order valence-corrected chi connectivity index (χ2v) is 5.12. The van der Waals surface area contributed by atoms with Gasteiger partial charge in [-0.3, -0.25) is 9.59 Å². The van der Waals surface area contributed by atoms with Gasteiger partial charge in [-0.2, -0.15) is 0 Å². The molecule has 0 fully saturated rings. The zero-order chi connectivity index (χ0) is 15.8. The van der Waals surface area contributed by atoms with Gasteiger partial charge in [0.05, 0.1) is 0 Å². The third-order valence-corrected chi connectivity index (χ3v) is 2.87. The topological polar surface area (TPSA) is 70.2 Å². The van der Waals surface area contributed by atoms with Gasteiger partial charge in [0.15, 0.2) is 0 Å². The van der Waals surface area contributed by atoms with Crippen molar-refractivity contribution in [2.24, 2.45) is 5.92 Å². The van der Waals surface area contributed by atoms with Crippen molar-refractivity contribution in [3.8, 4) is 0 Å². The SMILES string of the molecule is C=CCNC(=O)[C@@H](C)Nc1ccc(NC(=O)C(C)C)cc1. The van der Waals surface area contributed by atoms with E-state index in [0.717, 1.165) is 11.4 Å². The lowest BCUT2D eigenvalue weighted by atomic mass is 10.2. The Balaban J connectivity index is 2.56. The Morgan fingerprint density at radius 3 is 2.19 bits per heavy atom. The molecule has 0 aliphatic rings. The van der Waals surface area contributed by atoms with Crippen molar-refractivity contribution >= 4 is 23.2 Å². The molecule has 0 radical (unpaired) electrons. The predicted octanol–water partition coefficient (Wildman–Crippen LogP) is 2.38. The van der Waals surface area contributed by atoms with Crippen molar-refractivity contribution < 1.29 is 9.59 Å². The van der Waals surface area contributed by atoms with E-state index < -0.39 is 0 Å². The van der Waals surface area contributed by atoms with Crippen LogP contribution in [0.5, 0.6) is 0 Å². The molecule has 0 saturated carbocycles. The number of hydrogen-bond donors (Lipinski definition) is 3. The first-order chi connectivity index (χ1) is 9.93. The van der Waals surface area contributed by atoms with Gasteiger partial charge < -0.3 is 16.0 Å². The van der Waals surface area contributed by atoms with E-state index in [4.69, 9.17) is 0 Å². The van der Waals surface area contributed by atoms with E-state index >= 15 is 0 Å². The van der Waals surface area contributed by atoms with Crippen molar-refractivity contribution in [3.05, 3.63) is 36.9 Å². The lowest BCUT2D eigenvalue weighted by Gasteiger charge is -2.15. The molecule has 0 aliphatic heterocycles. The molecule has 0 aliphatic carbocycles. The van der Waals surface area contributed by atoms with Crippen molar-refractivity contribution in [1.82, 2.24) is 5.32 Å². The maximum Gasteiger partial charge on any atom is 0.242 e. The monoisotopic (exact) mass is 289 g/mol. The molecule has 2 amide bonds. The minimum atomic E-state index is -0.346. The van der Waals surface area contributed by atoms with Crippen LogP contribution in [-0.2, 0) is 9.59 Å². The third-order valence-electron chi connectivity index (χ3n) is 2.87. The van der Waals surface area contributed by atoms with Crippen molar-refractivity contribution in [2.45, 2.75) is 26.8 Å².